The fourth-order valence-electron chi connectivity index (χ4n) is 5.64. The minimum absolute atomic E-state index is 0.0586. The van der Waals surface area contributed by atoms with E-state index in [-0.39, 0.29) is 23.7 Å². The van der Waals surface area contributed by atoms with Gasteiger partial charge in [0.25, 0.3) is 0 Å². The number of ether oxygens (including phenoxy) is 2. The second-order valence-corrected chi connectivity index (χ2v) is 10.4. The molecule has 0 saturated heterocycles. The van der Waals surface area contributed by atoms with Crippen LogP contribution in [0.5, 0.6) is 0 Å². The van der Waals surface area contributed by atoms with Crippen molar-refractivity contribution in [3.63, 3.8) is 0 Å². The monoisotopic (exact) mass is 577 g/mol. The Bertz CT molecular complexity index is 1420. The smallest absolute Gasteiger partial charge is 0.443 e. The zero-order valence-electron chi connectivity index (χ0n) is 20.4. The Morgan fingerprint density at radius 1 is 1.18 bits per heavy atom. The predicted molar refractivity (Wildman–Crippen MR) is 121 cm³/mol. The first kappa shape index (κ1) is 26.6. The van der Waals surface area contributed by atoms with Crippen LogP contribution in [0.3, 0.4) is 0 Å². The zero-order valence-corrected chi connectivity index (χ0v) is 20.4. The Morgan fingerprint density at radius 3 is 2.58 bits per heavy atom. The van der Waals surface area contributed by atoms with E-state index in [0.29, 0.717) is 24.2 Å². The Morgan fingerprint density at radius 2 is 1.93 bits per heavy atom. The van der Waals surface area contributed by atoms with E-state index in [1.54, 1.807) is 0 Å². The summed E-state index contributed by atoms with van der Waals surface area (Å²) >= 11 is 0. The van der Waals surface area contributed by atoms with Crippen molar-refractivity contribution in [1.82, 2.24) is 29.9 Å². The molecule has 4 saturated carbocycles. The number of H-pyrrole nitrogens is 1. The molecule has 0 unspecified atom stereocenters. The Hall–Kier alpha value is -3.63. The Labute approximate surface area is 220 Å². The number of alkyl halides is 7. The predicted octanol–water partition coefficient (Wildman–Crippen LogP) is 5.11. The van der Waals surface area contributed by atoms with Gasteiger partial charge in [-0.15, -0.1) is 13.2 Å². The van der Waals surface area contributed by atoms with Crippen molar-refractivity contribution >= 4 is 23.5 Å². The number of imidazole rings is 1. The molecule has 0 spiro atoms. The van der Waals surface area contributed by atoms with Gasteiger partial charge in [0.15, 0.2) is 11.5 Å². The third kappa shape index (κ3) is 5.01. The minimum Gasteiger partial charge on any atom is -0.443 e. The van der Waals surface area contributed by atoms with Crippen LogP contribution in [0.15, 0.2) is 18.5 Å². The number of hydrogen-bond donors (Lipinski definition) is 3. The number of rotatable bonds is 7. The van der Waals surface area contributed by atoms with Gasteiger partial charge < -0.3 is 15.4 Å². The normalized spacial score (nSPS) is 27.8. The molecule has 3 heterocycles. The fraction of sp³-hybridized carbons (Fsp3) is 0.565. The van der Waals surface area contributed by atoms with Crippen LogP contribution in [-0.2, 0) is 22.3 Å². The van der Waals surface area contributed by atoms with E-state index in [0.717, 1.165) is 29.9 Å². The van der Waals surface area contributed by atoms with Gasteiger partial charge in [0.05, 0.1) is 12.3 Å². The SMILES string of the molecule is O=C(NC12CC(C1)C2)O[C@@H]1CC[C@H](c2cc(Nc3ncc(C(F)(F)F)c4nc(COC(F)(F)F)cn34)n[nH]2)[C@H]1F. The van der Waals surface area contributed by atoms with E-state index in [1.807, 2.05) is 0 Å². The highest BCUT2D eigenvalue weighted by molar-refractivity contribution is 5.69. The van der Waals surface area contributed by atoms with E-state index < -0.39 is 60.3 Å². The summed E-state index contributed by atoms with van der Waals surface area (Å²) in [6.07, 6.45) is -8.20. The van der Waals surface area contributed by atoms with E-state index in [2.05, 4.69) is 35.5 Å². The lowest BCUT2D eigenvalue weighted by molar-refractivity contribution is -0.330. The van der Waals surface area contributed by atoms with Gasteiger partial charge in [-0.2, -0.15) is 18.3 Å². The van der Waals surface area contributed by atoms with Gasteiger partial charge in [-0.3, -0.25) is 14.2 Å². The molecule has 2 bridgehead atoms. The number of aromatic nitrogens is 5. The standard InChI is InChI=1S/C23H22F7N7O3/c24-17-12(1-2-15(17)40-20(38)34-21-4-10(5-21)6-21)14-3-16(36-35-14)33-19-31-7-13(22(25,26)27)18-32-11(8-37(18)19)9-39-23(28,29)30/h3,7-8,10,12,15,17H,1-2,4-6,9H2,(H,34,38)(H2,31,33,35,36)/t10?,12-,15-,17-,21?/m1/s1. The van der Waals surface area contributed by atoms with Crippen LogP contribution in [0.1, 0.15) is 55.0 Å². The molecule has 40 heavy (non-hydrogen) atoms. The van der Waals surface area contributed by atoms with Crippen molar-refractivity contribution in [3.8, 4) is 0 Å². The average molecular weight is 577 g/mol. The molecule has 216 valence electrons. The first-order valence-corrected chi connectivity index (χ1v) is 12.4. The maximum atomic E-state index is 15.2. The summed E-state index contributed by atoms with van der Waals surface area (Å²) in [5.41, 5.74) is -2.23. The van der Waals surface area contributed by atoms with Gasteiger partial charge in [0, 0.05) is 35.6 Å². The topological polar surface area (TPSA) is 118 Å². The number of carbonyl (C=O) groups excluding carboxylic acids is 1. The number of aromatic amines is 1. The molecule has 0 aromatic carbocycles. The first-order valence-electron chi connectivity index (χ1n) is 12.4. The molecule has 0 aliphatic heterocycles. The number of amides is 1. The molecule has 3 aromatic heterocycles. The highest BCUT2D eigenvalue weighted by Crippen LogP contribution is 2.57. The third-order valence-corrected chi connectivity index (χ3v) is 7.63. The molecule has 3 atom stereocenters. The highest BCUT2D eigenvalue weighted by Gasteiger charge is 2.58. The van der Waals surface area contributed by atoms with Gasteiger partial charge in [-0.25, -0.2) is 19.2 Å². The number of hydrogen-bond acceptors (Lipinski definition) is 7. The lowest BCUT2D eigenvalue weighted by Gasteiger charge is -2.61. The summed E-state index contributed by atoms with van der Waals surface area (Å²) in [6.45, 7) is -1.11. The molecule has 4 aliphatic carbocycles. The lowest BCUT2D eigenvalue weighted by Crippen LogP contribution is -2.68. The van der Waals surface area contributed by atoms with Crippen LogP contribution in [-0.4, -0.2) is 54.8 Å². The van der Waals surface area contributed by atoms with Crippen molar-refractivity contribution in [1.29, 1.82) is 0 Å². The van der Waals surface area contributed by atoms with Crippen molar-refractivity contribution in [2.75, 3.05) is 5.32 Å². The number of alkyl carbamates (subject to hydrolysis) is 1. The van der Waals surface area contributed by atoms with E-state index in [1.165, 1.54) is 6.07 Å². The quantitative estimate of drug-likeness (QED) is 0.334. The number of nitrogens with zero attached hydrogens (tertiary/aromatic N) is 4. The lowest BCUT2D eigenvalue weighted by atomic mass is 9.50. The van der Waals surface area contributed by atoms with Gasteiger partial charge in [0.1, 0.15) is 17.8 Å². The van der Waals surface area contributed by atoms with Gasteiger partial charge >= 0.3 is 18.6 Å². The molecule has 17 heteroatoms. The van der Waals surface area contributed by atoms with Crippen molar-refractivity contribution < 1.29 is 45.0 Å². The summed E-state index contributed by atoms with van der Waals surface area (Å²) < 4.78 is 103. The molecule has 3 N–H and O–H groups in total. The molecule has 7 rings (SSSR count). The summed E-state index contributed by atoms with van der Waals surface area (Å²) in [6, 6.07) is 1.43. The van der Waals surface area contributed by atoms with Crippen molar-refractivity contribution in [2.24, 2.45) is 5.92 Å². The van der Waals surface area contributed by atoms with Gasteiger partial charge in [-0.1, -0.05) is 0 Å². The van der Waals surface area contributed by atoms with Crippen LogP contribution in [0, 0.1) is 5.92 Å². The zero-order chi connectivity index (χ0) is 28.4. The third-order valence-electron chi connectivity index (χ3n) is 7.63. The number of fused-ring (bicyclic) bond motifs is 1. The summed E-state index contributed by atoms with van der Waals surface area (Å²) in [5.74, 6) is -0.207. The Balaban J connectivity index is 1.16. The summed E-state index contributed by atoms with van der Waals surface area (Å²) in [7, 11) is 0. The average Bonchev–Trinajstić information content (AvgIpc) is 3.52. The van der Waals surface area contributed by atoms with Crippen molar-refractivity contribution in [2.45, 2.75) is 75.0 Å². The second kappa shape index (κ2) is 9.21. The molecule has 0 radical (unpaired) electrons. The van der Waals surface area contributed by atoms with Crippen LogP contribution in [0.25, 0.3) is 5.65 Å². The molecule has 3 aromatic rings. The van der Waals surface area contributed by atoms with Crippen LogP contribution >= 0.6 is 0 Å². The van der Waals surface area contributed by atoms with Gasteiger partial charge in [-0.05, 0) is 38.0 Å². The molecule has 4 fully saturated rings. The maximum absolute atomic E-state index is 15.2. The van der Waals surface area contributed by atoms with Crippen LogP contribution in [0.2, 0.25) is 0 Å². The molecular weight excluding hydrogens is 555 g/mol. The number of nitrogens with one attached hydrogen (secondary N) is 3. The van der Waals surface area contributed by atoms with Gasteiger partial charge in [0.2, 0.25) is 5.95 Å². The molecule has 4 aliphatic rings. The molecular formula is C23H22F7N7O3. The summed E-state index contributed by atoms with van der Waals surface area (Å²) in [5, 5.41) is 12.2. The van der Waals surface area contributed by atoms with E-state index in [4.69, 9.17) is 4.74 Å². The van der Waals surface area contributed by atoms with Crippen molar-refractivity contribution in [3.05, 3.63) is 35.4 Å². The second-order valence-electron chi connectivity index (χ2n) is 10.4. The Kier molecular flexibility index (Phi) is 6.12. The number of carbonyl (C=O) groups is 1. The number of halogens is 7. The molecule has 1 amide bonds. The summed E-state index contributed by atoms with van der Waals surface area (Å²) in [4.78, 5) is 19.6. The largest absolute Gasteiger partial charge is 0.522 e. The highest BCUT2D eigenvalue weighted by atomic mass is 19.4. The minimum atomic E-state index is -5.01. The molecule has 10 nitrogen and oxygen atoms in total. The van der Waals surface area contributed by atoms with E-state index in [9.17, 15) is 31.1 Å². The van der Waals surface area contributed by atoms with E-state index >= 15 is 4.39 Å². The first-order chi connectivity index (χ1) is 18.8. The number of anilines is 2. The fourth-order valence-corrected chi connectivity index (χ4v) is 5.64. The maximum Gasteiger partial charge on any atom is 0.522 e. The van der Waals surface area contributed by atoms with Crippen LogP contribution < -0.4 is 10.6 Å². The van der Waals surface area contributed by atoms with Crippen LogP contribution in [0.4, 0.5) is 47.3 Å².